The first-order chi connectivity index (χ1) is 30.7. The van der Waals surface area contributed by atoms with E-state index in [1.54, 1.807) is 0 Å². The molecule has 5 fully saturated rings. The van der Waals surface area contributed by atoms with Crippen LogP contribution in [-0.2, 0) is 57.0 Å². The Bertz CT molecular complexity index is 1560. The third-order valence-electron chi connectivity index (χ3n) is 11.5. The van der Waals surface area contributed by atoms with Crippen molar-refractivity contribution in [3.8, 4) is 0 Å². The molecule has 0 aromatic carbocycles. The molecule has 65 heavy (non-hydrogen) atoms. The molecule has 0 aliphatic carbocycles. The van der Waals surface area contributed by atoms with Crippen LogP contribution in [0.15, 0.2) is 0 Å². The van der Waals surface area contributed by atoms with E-state index >= 15 is 0 Å². The van der Waals surface area contributed by atoms with Gasteiger partial charge in [0.1, 0.15) is 122 Å². The van der Waals surface area contributed by atoms with Crippen LogP contribution in [0.3, 0.4) is 0 Å². The van der Waals surface area contributed by atoms with Crippen LogP contribution >= 0.6 is 0 Å². The lowest BCUT2D eigenvalue weighted by Crippen LogP contribution is -2.70. The third-order valence-corrected chi connectivity index (χ3v) is 11.5. The standard InChI is InChI=1S/C36H61N3O26/c1-9(44)37-17-25(52)20(47)12(4-40)59-33(17)57-8-16-24(51)29(18(32(56)58-16)38-10(2)45)63-36-28(55)31(23(50)15(7-43)62-36)65-34-19(39-11(3)46)30(22(49)14(6-42)60-34)64-35-27(54)26(53)21(48)13(5-41)61-35/h12-36,40-43,47-56H,4-8H2,1-3H3,(H,37,44)(H,38,45)(H,39,46)/t12-,13-,14-,15-,16-,17-,18-,19-,20-,21+,22-,23+,24+,25-,26+,27-,28-,29-,30-,31+,32?,33-,34+,35+,36+/m1/s1. The van der Waals surface area contributed by atoms with Crippen LogP contribution in [-0.4, -0.2) is 276 Å². The highest BCUT2D eigenvalue weighted by Crippen LogP contribution is 2.35. The molecule has 5 aliphatic heterocycles. The molecule has 17 N–H and O–H groups in total. The number of hydrogen-bond acceptors (Lipinski definition) is 26. The Morgan fingerprint density at radius 1 is 0.400 bits per heavy atom. The van der Waals surface area contributed by atoms with Gasteiger partial charge in [-0.1, -0.05) is 0 Å². The predicted octanol–water partition coefficient (Wildman–Crippen LogP) is -11.5. The minimum Gasteiger partial charge on any atom is -0.394 e. The fourth-order valence-electron chi connectivity index (χ4n) is 8.13. The van der Waals surface area contributed by atoms with Crippen molar-refractivity contribution in [2.24, 2.45) is 0 Å². The van der Waals surface area contributed by atoms with E-state index in [-0.39, 0.29) is 0 Å². The second-order valence-electron chi connectivity index (χ2n) is 16.2. The molecule has 0 bridgehead atoms. The van der Waals surface area contributed by atoms with Gasteiger partial charge in [-0.2, -0.15) is 0 Å². The smallest absolute Gasteiger partial charge is 0.217 e. The first-order valence-corrected chi connectivity index (χ1v) is 20.6. The molecule has 1 unspecified atom stereocenters. The maximum absolute atomic E-state index is 12.5. The molecular formula is C36H61N3O26. The Labute approximate surface area is 369 Å². The zero-order chi connectivity index (χ0) is 48.2. The van der Waals surface area contributed by atoms with Crippen molar-refractivity contribution in [3.05, 3.63) is 0 Å². The molecule has 0 aromatic heterocycles. The molecule has 5 rings (SSSR count). The van der Waals surface area contributed by atoms with Gasteiger partial charge < -0.3 is 130 Å². The summed E-state index contributed by atoms with van der Waals surface area (Å²) in [5.74, 6) is -2.27. The molecular weight excluding hydrogens is 890 g/mol. The van der Waals surface area contributed by atoms with Gasteiger partial charge in [-0.05, 0) is 0 Å². The van der Waals surface area contributed by atoms with Crippen molar-refractivity contribution in [1.29, 1.82) is 0 Å². The van der Waals surface area contributed by atoms with Crippen molar-refractivity contribution in [3.63, 3.8) is 0 Å². The molecule has 29 heteroatoms. The summed E-state index contributed by atoms with van der Waals surface area (Å²) in [5, 5.41) is 156. The zero-order valence-corrected chi connectivity index (χ0v) is 35.1. The second kappa shape index (κ2) is 23.2. The largest absolute Gasteiger partial charge is 0.394 e. The molecule has 376 valence electrons. The number of hydrogen-bond donors (Lipinski definition) is 17. The first-order valence-electron chi connectivity index (χ1n) is 20.6. The van der Waals surface area contributed by atoms with Gasteiger partial charge in [0.2, 0.25) is 17.7 Å². The summed E-state index contributed by atoms with van der Waals surface area (Å²) in [6.45, 7) is -1.19. The van der Waals surface area contributed by atoms with Crippen LogP contribution < -0.4 is 16.0 Å². The van der Waals surface area contributed by atoms with E-state index in [0.29, 0.717) is 0 Å². The normalized spacial score (nSPS) is 47.1. The van der Waals surface area contributed by atoms with E-state index in [4.69, 9.17) is 42.6 Å². The van der Waals surface area contributed by atoms with E-state index < -0.39 is 204 Å². The summed E-state index contributed by atoms with van der Waals surface area (Å²) in [4.78, 5) is 36.7. The Hall–Kier alpha value is -2.51. The Morgan fingerprint density at radius 3 is 1.31 bits per heavy atom. The highest BCUT2D eigenvalue weighted by Gasteiger charge is 2.56. The van der Waals surface area contributed by atoms with Crippen LogP contribution in [0.2, 0.25) is 0 Å². The number of aliphatic hydroxyl groups is 14. The number of carbonyl (C=O) groups is 3. The number of rotatable bonds is 16. The van der Waals surface area contributed by atoms with Gasteiger partial charge in [0, 0.05) is 20.8 Å². The lowest BCUT2D eigenvalue weighted by molar-refractivity contribution is -0.375. The SMILES string of the molecule is CC(=O)N[C@H]1[C@H](OC[C@H]2OC(O)[C@H](NC(C)=O)[C@@H](O[C@@H]3O[C@H](CO)[C@H](O)[C@H](O[C@@H]4O[C@H](CO)[C@@H](O)[C@H](O[C@@H]5O[C@H](CO)[C@H](O)[C@H](O)[C@H]5O)[C@H]4NC(C)=O)[C@H]3O)[C@H]2O)O[C@H](CO)[C@@H](O)[C@@H]1O. The van der Waals surface area contributed by atoms with Gasteiger partial charge in [0.05, 0.1) is 33.0 Å². The molecule has 0 aromatic rings. The third kappa shape index (κ3) is 12.0. The van der Waals surface area contributed by atoms with Crippen LogP contribution in [0.4, 0.5) is 0 Å². The fraction of sp³-hybridized carbons (Fsp3) is 0.917. The molecule has 0 spiro atoms. The van der Waals surface area contributed by atoms with E-state index in [0.717, 1.165) is 20.8 Å². The quantitative estimate of drug-likeness (QED) is 0.0683. The minimum absolute atomic E-state index is 0.677. The first kappa shape index (κ1) is 53.4. The van der Waals surface area contributed by atoms with Gasteiger partial charge in [-0.3, -0.25) is 14.4 Å². The van der Waals surface area contributed by atoms with Crippen molar-refractivity contribution < 1.29 is 129 Å². The van der Waals surface area contributed by atoms with E-state index in [9.17, 15) is 85.9 Å². The maximum Gasteiger partial charge on any atom is 0.217 e. The van der Waals surface area contributed by atoms with Gasteiger partial charge in [-0.15, -0.1) is 0 Å². The fourth-order valence-corrected chi connectivity index (χ4v) is 8.13. The second-order valence-corrected chi connectivity index (χ2v) is 16.2. The monoisotopic (exact) mass is 951 g/mol. The number of aliphatic hydroxyl groups excluding tert-OH is 14. The summed E-state index contributed by atoms with van der Waals surface area (Å²) in [7, 11) is 0. The van der Waals surface area contributed by atoms with Gasteiger partial charge in [-0.25, -0.2) is 0 Å². The average molecular weight is 952 g/mol. The molecule has 29 nitrogen and oxygen atoms in total. The summed E-state index contributed by atoms with van der Waals surface area (Å²) < 4.78 is 51.3. The number of nitrogens with one attached hydrogen (secondary N) is 3. The van der Waals surface area contributed by atoms with Crippen molar-refractivity contribution in [1.82, 2.24) is 16.0 Å². The molecule has 25 atom stereocenters. The summed E-state index contributed by atoms with van der Waals surface area (Å²) >= 11 is 0. The summed E-state index contributed by atoms with van der Waals surface area (Å²) in [6, 6.07) is -4.77. The molecule has 5 aliphatic rings. The zero-order valence-electron chi connectivity index (χ0n) is 35.1. The van der Waals surface area contributed by atoms with Crippen LogP contribution in [0.1, 0.15) is 20.8 Å². The van der Waals surface area contributed by atoms with Gasteiger partial charge in [0.25, 0.3) is 0 Å². The van der Waals surface area contributed by atoms with Crippen molar-refractivity contribution in [2.45, 2.75) is 174 Å². The van der Waals surface area contributed by atoms with Gasteiger partial charge in [0.15, 0.2) is 31.5 Å². The Kier molecular flexibility index (Phi) is 19.1. The molecule has 0 saturated carbocycles. The number of amides is 3. The highest BCUT2D eigenvalue weighted by molar-refractivity contribution is 5.74. The van der Waals surface area contributed by atoms with Crippen LogP contribution in [0, 0.1) is 0 Å². The predicted molar refractivity (Wildman–Crippen MR) is 201 cm³/mol. The van der Waals surface area contributed by atoms with Crippen molar-refractivity contribution in [2.75, 3.05) is 33.0 Å². The van der Waals surface area contributed by atoms with Crippen molar-refractivity contribution >= 4 is 17.7 Å². The minimum atomic E-state index is -2.18. The molecule has 5 heterocycles. The number of ether oxygens (including phenoxy) is 9. The summed E-state index contributed by atoms with van der Waals surface area (Å²) in [5.41, 5.74) is 0. The van der Waals surface area contributed by atoms with Crippen LogP contribution in [0.25, 0.3) is 0 Å². The Morgan fingerprint density at radius 2 is 0.785 bits per heavy atom. The Balaban J connectivity index is 1.40. The van der Waals surface area contributed by atoms with E-state index in [2.05, 4.69) is 16.0 Å². The lowest BCUT2D eigenvalue weighted by atomic mass is 9.94. The molecule has 3 amide bonds. The topological polar surface area (TPSA) is 454 Å². The highest BCUT2D eigenvalue weighted by atomic mass is 16.8. The van der Waals surface area contributed by atoms with E-state index in [1.807, 2.05) is 0 Å². The molecule has 5 saturated heterocycles. The van der Waals surface area contributed by atoms with E-state index in [1.165, 1.54) is 0 Å². The van der Waals surface area contributed by atoms with Gasteiger partial charge >= 0.3 is 0 Å². The maximum atomic E-state index is 12.5. The average Bonchev–Trinajstić information content (AvgIpc) is 3.25. The lowest BCUT2D eigenvalue weighted by Gasteiger charge is -2.50. The number of carbonyl (C=O) groups excluding carboxylic acids is 3. The summed E-state index contributed by atoms with van der Waals surface area (Å²) in [6.07, 6.45) is -40.1. The van der Waals surface area contributed by atoms with Crippen LogP contribution in [0.5, 0.6) is 0 Å². The molecule has 0 radical (unpaired) electrons.